The third kappa shape index (κ3) is 2.36. The molecule has 0 spiro atoms. The molecule has 1 aliphatic heterocycles. The average molecular weight is 208 g/mol. The van der Waals surface area contributed by atoms with Crippen molar-refractivity contribution in [2.45, 2.75) is 12.8 Å². The third-order valence-corrected chi connectivity index (χ3v) is 2.79. The fraction of sp³-hybridized carbons (Fsp3) is 0.600. The molecule has 1 atom stereocenters. The van der Waals surface area contributed by atoms with Gasteiger partial charge in [0.25, 0.3) is 0 Å². The van der Waals surface area contributed by atoms with Crippen LogP contribution in [0, 0.1) is 5.92 Å². The van der Waals surface area contributed by atoms with Crippen LogP contribution in [0.15, 0.2) is 12.4 Å². The van der Waals surface area contributed by atoms with Gasteiger partial charge in [-0.25, -0.2) is 4.98 Å². The average Bonchev–Trinajstić information content (AvgIpc) is 2.67. The first kappa shape index (κ1) is 10.2. The van der Waals surface area contributed by atoms with E-state index in [9.17, 15) is 0 Å². The van der Waals surface area contributed by atoms with Crippen LogP contribution in [0.1, 0.15) is 12.8 Å². The number of aliphatic hydroxyl groups is 1. The molecular weight excluding hydrogens is 192 g/mol. The van der Waals surface area contributed by atoms with E-state index in [0.29, 0.717) is 11.7 Å². The minimum atomic E-state index is 0.265. The third-order valence-electron chi connectivity index (χ3n) is 2.79. The number of hydrogen-bond acceptors (Lipinski definition) is 5. The van der Waals surface area contributed by atoms with Crippen LogP contribution in [-0.2, 0) is 0 Å². The van der Waals surface area contributed by atoms with Gasteiger partial charge in [-0.15, -0.1) is 0 Å². The molecule has 1 fully saturated rings. The first-order valence-electron chi connectivity index (χ1n) is 5.23. The van der Waals surface area contributed by atoms with Gasteiger partial charge in [0, 0.05) is 19.7 Å². The summed E-state index contributed by atoms with van der Waals surface area (Å²) in [6.45, 7) is 2.18. The van der Waals surface area contributed by atoms with E-state index in [-0.39, 0.29) is 6.61 Å². The predicted molar refractivity (Wildman–Crippen MR) is 58.5 cm³/mol. The number of nitrogen functional groups attached to an aromatic ring is 1. The minimum absolute atomic E-state index is 0.265. The van der Waals surface area contributed by atoms with E-state index in [1.54, 1.807) is 12.4 Å². The smallest absolute Gasteiger partial charge is 0.149 e. The van der Waals surface area contributed by atoms with Gasteiger partial charge >= 0.3 is 0 Å². The summed E-state index contributed by atoms with van der Waals surface area (Å²) in [5.41, 5.74) is 5.58. The maximum Gasteiger partial charge on any atom is 0.149 e. The molecular formula is C10H16N4O. The first-order valence-corrected chi connectivity index (χ1v) is 5.23. The summed E-state index contributed by atoms with van der Waals surface area (Å²) in [6.07, 6.45) is 5.26. The van der Waals surface area contributed by atoms with Gasteiger partial charge < -0.3 is 15.7 Å². The van der Waals surface area contributed by atoms with Crippen LogP contribution in [0.2, 0.25) is 0 Å². The van der Waals surface area contributed by atoms with Gasteiger partial charge in [0.2, 0.25) is 0 Å². The van der Waals surface area contributed by atoms with Crippen molar-refractivity contribution in [2.75, 3.05) is 30.3 Å². The lowest BCUT2D eigenvalue weighted by molar-refractivity contribution is 0.263. The maximum absolute atomic E-state index is 8.86. The SMILES string of the molecule is Nc1cncc(N2CCC(CCO)C2)n1. The summed E-state index contributed by atoms with van der Waals surface area (Å²) < 4.78 is 0. The Bertz CT molecular complexity index is 331. The molecule has 0 saturated carbocycles. The second kappa shape index (κ2) is 4.44. The first-order chi connectivity index (χ1) is 7.29. The molecule has 15 heavy (non-hydrogen) atoms. The fourth-order valence-electron chi connectivity index (χ4n) is 1.98. The van der Waals surface area contributed by atoms with Gasteiger partial charge in [-0.3, -0.25) is 4.98 Å². The molecule has 0 aliphatic carbocycles. The number of aromatic nitrogens is 2. The lowest BCUT2D eigenvalue weighted by Gasteiger charge is -2.16. The van der Waals surface area contributed by atoms with Gasteiger partial charge in [-0.2, -0.15) is 0 Å². The zero-order chi connectivity index (χ0) is 10.7. The molecule has 0 radical (unpaired) electrons. The van der Waals surface area contributed by atoms with Gasteiger partial charge in [-0.1, -0.05) is 0 Å². The Morgan fingerprint density at radius 2 is 2.40 bits per heavy atom. The van der Waals surface area contributed by atoms with E-state index < -0.39 is 0 Å². The minimum Gasteiger partial charge on any atom is -0.396 e. The Morgan fingerprint density at radius 3 is 3.13 bits per heavy atom. The van der Waals surface area contributed by atoms with Crippen molar-refractivity contribution in [3.05, 3.63) is 12.4 Å². The van der Waals surface area contributed by atoms with Crippen molar-refractivity contribution in [3.63, 3.8) is 0 Å². The summed E-state index contributed by atoms with van der Waals surface area (Å²) in [7, 11) is 0. The number of aliphatic hydroxyl groups excluding tert-OH is 1. The fourth-order valence-corrected chi connectivity index (χ4v) is 1.98. The van der Waals surface area contributed by atoms with Crippen molar-refractivity contribution in [1.82, 2.24) is 9.97 Å². The van der Waals surface area contributed by atoms with Crippen molar-refractivity contribution in [3.8, 4) is 0 Å². The van der Waals surface area contributed by atoms with Gasteiger partial charge in [0.05, 0.1) is 12.4 Å². The van der Waals surface area contributed by atoms with Crippen molar-refractivity contribution in [1.29, 1.82) is 0 Å². The highest BCUT2D eigenvalue weighted by molar-refractivity contribution is 5.42. The Balaban J connectivity index is 2.01. The largest absolute Gasteiger partial charge is 0.396 e. The summed E-state index contributed by atoms with van der Waals surface area (Å²) in [4.78, 5) is 10.4. The van der Waals surface area contributed by atoms with Gasteiger partial charge in [0.15, 0.2) is 0 Å². The molecule has 1 saturated heterocycles. The Morgan fingerprint density at radius 1 is 1.53 bits per heavy atom. The Kier molecular flexibility index (Phi) is 3.01. The number of nitrogens with zero attached hydrogens (tertiary/aromatic N) is 3. The van der Waals surface area contributed by atoms with Crippen LogP contribution in [0.4, 0.5) is 11.6 Å². The van der Waals surface area contributed by atoms with E-state index in [0.717, 1.165) is 31.7 Å². The quantitative estimate of drug-likeness (QED) is 0.745. The van der Waals surface area contributed by atoms with E-state index in [1.807, 2.05) is 0 Å². The molecule has 1 aromatic heterocycles. The standard InChI is InChI=1S/C10H16N4O/c11-9-5-12-6-10(13-9)14-3-1-8(7-14)2-4-15/h5-6,8,15H,1-4,7H2,(H2,11,13). The molecule has 0 bridgehead atoms. The van der Waals surface area contributed by atoms with Crippen LogP contribution in [-0.4, -0.2) is 34.8 Å². The lowest BCUT2D eigenvalue weighted by atomic mass is 10.1. The number of hydrogen-bond donors (Lipinski definition) is 2. The number of rotatable bonds is 3. The summed E-state index contributed by atoms with van der Waals surface area (Å²) in [5, 5.41) is 8.86. The second-order valence-electron chi connectivity index (χ2n) is 3.92. The molecule has 2 rings (SSSR count). The Hall–Kier alpha value is -1.36. The molecule has 1 aromatic rings. The molecule has 82 valence electrons. The van der Waals surface area contributed by atoms with E-state index in [1.165, 1.54) is 0 Å². The van der Waals surface area contributed by atoms with Gasteiger partial charge in [-0.05, 0) is 18.8 Å². The molecule has 1 aliphatic rings. The topological polar surface area (TPSA) is 75.3 Å². The molecule has 0 aromatic carbocycles. The summed E-state index contributed by atoms with van der Waals surface area (Å²) >= 11 is 0. The zero-order valence-electron chi connectivity index (χ0n) is 8.63. The van der Waals surface area contributed by atoms with Crippen molar-refractivity contribution >= 4 is 11.6 Å². The second-order valence-corrected chi connectivity index (χ2v) is 3.92. The van der Waals surface area contributed by atoms with Crippen LogP contribution >= 0.6 is 0 Å². The Labute approximate surface area is 88.9 Å². The number of anilines is 2. The highest BCUT2D eigenvalue weighted by atomic mass is 16.3. The van der Waals surface area contributed by atoms with E-state index in [4.69, 9.17) is 10.8 Å². The lowest BCUT2D eigenvalue weighted by Crippen LogP contribution is -2.21. The monoisotopic (exact) mass is 208 g/mol. The van der Waals surface area contributed by atoms with Crippen LogP contribution in [0.3, 0.4) is 0 Å². The van der Waals surface area contributed by atoms with Crippen molar-refractivity contribution < 1.29 is 5.11 Å². The molecule has 0 amide bonds. The van der Waals surface area contributed by atoms with Crippen LogP contribution in [0.5, 0.6) is 0 Å². The van der Waals surface area contributed by atoms with E-state index in [2.05, 4.69) is 14.9 Å². The maximum atomic E-state index is 8.86. The van der Waals surface area contributed by atoms with Crippen LogP contribution in [0.25, 0.3) is 0 Å². The molecule has 5 heteroatoms. The molecule has 5 nitrogen and oxygen atoms in total. The summed E-state index contributed by atoms with van der Waals surface area (Å²) in [6, 6.07) is 0. The highest BCUT2D eigenvalue weighted by Gasteiger charge is 2.23. The van der Waals surface area contributed by atoms with Crippen molar-refractivity contribution in [2.24, 2.45) is 5.92 Å². The van der Waals surface area contributed by atoms with E-state index >= 15 is 0 Å². The van der Waals surface area contributed by atoms with Crippen LogP contribution < -0.4 is 10.6 Å². The zero-order valence-corrected chi connectivity index (χ0v) is 8.63. The van der Waals surface area contributed by atoms with Gasteiger partial charge in [0.1, 0.15) is 11.6 Å². The molecule has 1 unspecified atom stereocenters. The predicted octanol–water partition coefficient (Wildman–Crippen LogP) is 0.267. The normalized spacial score (nSPS) is 20.9. The summed E-state index contributed by atoms with van der Waals surface area (Å²) in [5.74, 6) is 1.87. The molecule has 3 N–H and O–H groups in total. The number of nitrogens with two attached hydrogens (primary N) is 1. The highest BCUT2D eigenvalue weighted by Crippen LogP contribution is 2.23. The molecule has 2 heterocycles.